The van der Waals surface area contributed by atoms with Crippen LogP contribution in [-0.4, -0.2) is 30.9 Å². The summed E-state index contributed by atoms with van der Waals surface area (Å²) in [6, 6.07) is 12.7. The third kappa shape index (κ3) is 3.69. The van der Waals surface area contributed by atoms with Crippen molar-refractivity contribution in [1.29, 1.82) is 0 Å². The average Bonchev–Trinajstić information content (AvgIpc) is 3.27. The zero-order chi connectivity index (χ0) is 19.0. The van der Waals surface area contributed by atoms with Gasteiger partial charge in [0, 0.05) is 31.0 Å². The number of nitrogens with one attached hydrogen (secondary N) is 1. The van der Waals surface area contributed by atoms with E-state index >= 15 is 0 Å². The molecule has 0 aliphatic rings. The van der Waals surface area contributed by atoms with Gasteiger partial charge in [-0.15, -0.1) is 10.2 Å². The fourth-order valence-electron chi connectivity index (χ4n) is 3.01. The summed E-state index contributed by atoms with van der Waals surface area (Å²) in [6.07, 6.45) is 5.63. The van der Waals surface area contributed by atoms with Crippen LogP contribution in [0.25, 0.3) is 28.0 Å². The topological polar surface area (TPSA) is 60.0 Å². The molecule has 0 atom stereocenters. The SMILES string of the molecule is Cn1cc(-c2cc(-c3ccc(NCC(C)(C)C)cc3)n3cnnc3c2)cn1. The zero-order valence-corrected chi connectivity index (χ0v) is 16.1. The molecule has 4 aromatic rings. The summed E-state index contributed by atoms with van der Waals surface area (Å²) in [5.41, 5.74) is 6.50. The summed E-state index contributed by atoms with van der Waals surface area (Å²) in [5, 5.41) is 16.1. The molecule has 0 radical (unpaired) electrons. The predicted molar refractivity (Wildman–Crippen MR) is 109 cm³/mol. The molecule has 6 nitrogen and oxygen atoms in total. The Bertz CT molecular complexity index is 1070. The lowest BCUT2D eigenvalue weighted by Gasteiger charge is -2.19. The van der Waals surface area contributed by atoms with Crippen molar-refractivity contribution in [2.45, 2.75) is 20.8 Å². The minimum absolute atomic E-state index is 0.241. The Morgan fingerprint density at radius 3 is 2.44 bits per heavy atom. The van der Waals surface area contributed by atoms with Crippen molar-refractivity contribution in [3.8, 4) is 22.4 Å². The van der Waals surface area contributed by atoms with Crippen LogP contribution >= 0.6 is 0 Å². The van der Waals surface area contributed by atoms with E-state index in [0.717, 1.165) is 40.3 Å². The van der Waals surface area contributed by atoms with Crippen molar-refractivity contribution >= 4 is 11.3 Å². The zero-order valence-electron chi connectivity index (χ0n) is 16.1. The first-order valence-electron chi connectivity index (χ1n) is 9.06. The van der Waals surface area contributed by atoms with E-state index in [0.29, 0.717) is 0 Å². The highest BCUT2D eigenvalue weighted by Crippen LogP contribution is 2.28. The summed E-state index contributed by atoms with van der Waals surface area (Å²) >= 11 is 0. The molecule has 3 aromatic heterocycles. The van der Waals surface area contributed by atoms with Gasteiger partial charge in [-0.05, 0) is 40.8 Å². The summed E-state index contributed by atoms with van der Waals surface area (Å²) in [4.78, 5) is 0. The largest absolute Gasteiger partial charge is 0.385 e. The van der Waals surface area contributed by atoms with Crippen molar-refractivity contribution < 1.29 is 0 Å². The van der Waals surface area contributed by atoms with Crippen LogP contribution in [0.15, 0.2) is 55.1 Å². The normalized spacial score (nSPS) is 11.9. The van der Waals surface area contributed by atoms with Crippen LogP contribution in [0.3, 0.4) is 0 Å². The average molecular weight is 360 g/mol. The van der Waals surface area contributed by atoms with E-state index < -0.39 is 0 Å². The molecule has 0 bridgehead atoms. The van der Waals surface area contributed by atoms with Crippen LogP contribution in [0.5, 0.6) is 0 Å². The molecule has 27 heavy (non-hydrogen) atoms. The van der Waals surface area contributed by atoms with E-state index in [1.165, 1.54) is 0 Å². The highest BCUT2D eigenvalue weighted by atomic mass is 15.2. The van der Waals surface area contributed by atoms with Crippen LogP contribution < -0.4 is 5.32 Å². The van der Waals surface area contributed by atoms with Crippen LogP contribution in [0.1, 0.15) is 20.8 Å². The van der Waals surface area contributed by atoms with Gasteiger partial charge in [-0.1, -0.05) is 32.9 Å². The maximum absolute atomic E-state index is 4.28. The molecular weight excluding hydrogens is 336 g/mol. The van der Waals surface area contributed by atoms with E-state index in [4.69, 9.17) is 0 Å². The lowest BCUT2D eigenvalue weighted by atomic mass is 9.97. The minimum Gasteiger partial charge on any atom is -0.385 e. The maximum Gasteiger partial charge on any atom is 0.161 e. The fourth-order valence-corrected chi connectivity index (χ4v) is 3.01. The van der Waals surface area contributed by atoms with Gasteiger partial charge >= 0.3 is 0 Å². The molecule has 0 saturated heterocycles. The smallest absolute Gasteiger partial charge is 0.161 e. The highest BCUT2D eigenvalue weighted by Gasteiger charge is 2.12. The molecule has 1 N–H and O–H groups in total. The van der Waals surface area contributed by atoms with Gasteiger partial charge in [-0.3, -0.25) is 9.08 Å². The molecule has 3 heterocycles. The van der Waals surface area contributed by atoms with E-state index in [9.17, 15) is 0 Å². The molecule has 0 spiro atoms. The number of rotatable bonds is 4. The van der Waals surface area contributed by atoms with Crippen LogP contribution in [-0.2, 0) is 7.05 Å². The van der Waals surface area contributed by atoms with E-state index in [2.05, 4.69) is 71.7 Å². The molecule has 138 valence electrons. The highest BCUT2D eigenvalue weighted by molar-refractivity contribution is 5.75. The lowest BCUT2D eigenvalue weighted by molar-refractivity contribution is 0.443. The second kappa shape index (κ2) is 6.54. The molecule has 4 rings (SSSR count). The van der Waals surface area contributed by atoms with Gasteiger partial charge < -0.3 is 5.32 Å². The number of aromatic nitrogens is 5. The summed E-state index contributed by atoms with van der Waals surface area (Å²) < 4.78 is 3.82. The third-order valence-corrected chi connectivity index (χ3v) is 4.45. The molecule has 0 fully saturated rings. The van der Waals surface area contributed by atoms with Gasteiger partial charge in [0.05, 0.1) is 11.9 Å². The quantitative estimate of drug-likeness (QED) is 0.591. The summed E-state index contributed by atoms with van der Waals surface area (Å²) in [7, 11) is 1.92. The first kappa shape index (κ1) is 17.3. The Kier molecular flexibility index (Phi) is 4.18. The first-order chi connectivity index (χ1) is 12.9. The number of nitrogens with zero attached hydrogens (tertiary/aromatic N) is 5. The van der Waals surface area contributed by atoms with Crippen LogP contribution in [0.2, 0.25) is 0 Å². The van der Waals surface area contributed by atoms with E-state index in [1.807, 2.05) is 29.9 Å². The minimum atomic E-state index is 0.241. The number of aryl methyl sites for hydroxylation is 1. The lowest BCUT2D eigenvalue weighted by Crippen LogP contribution is -2.18. The third-order valence-electron chi connectivity index (χ3n) is 4.45. The van der Waals surface area contributed by atoms with Crippen molar-refractivity contribution in [1.82, 2.24) is 24.4 Å². The Morgan fingerprint density at radius 1 is 1.00 bits per heavy atom. The Labute approximate surface area is 158 Å². The molecule has 0 saturated carbocycles. The number of fused-ring (bicyclic) bond motifs is 1. The molecule has 0 amide bonds. The van der Waals surface area contributed by atoms with Gasteiger partial charge in [0.2, 0.25) is 0 Å². The van der Waals surface area contributed by atoms with E-state index in [-0.39, 0.29) is 5.41 Å². The van der Waals surface area contributed by atoms with Crippen LogP contribution in [0, 0.1) is 5.41 Å². The number of hydrogen-bond donors (Lipinski definition) is 1. The monoisotopic (exact) mass is 360 g/mol. The van der Waals surface area contributed by atoms with Crippen molar-refractivity contribution in [2.75, 3.05) is 11.9 Å². The van der Waals surface area contributed by atoms with Gasteiger partial charge in [0.1, 0.15) is 6.33 Å². The second-order valence-corrected chi connectivity index (χ2v) is 8.08. The molecule has 0 unspecified atom stereocenters. The van der Waals surface area contributed by atoms with Gasteiger partial charge in [-0.2, -0.15) is 5.10 Å². The van der Waals surface area contributed by atoms with Gasteiger partial charge in [0.25, 0.3) is 0 Å². The van der Waals surface area contributed by atoms with Crippen molar-refractivity contribution in [2.24, 2.45) is 12.5 Å². The Morgan fingerprint density at radius 2 is 1.78 bits per heavy atom. The number of benzene rings is 1. The number of pyridine rings is 1. The molecule has 1 aromatic carbocycles. The fraction of sp³-hybridized carbons (Fsp3) is 0.286. The molecule has 0 aliphatic heterocycles. The predicted octanol–water partition coefficient (Wildman–Crippen LogP) is 4.25. The molecule has 6 heteroatoms. The van der Waals surface area contributed by atoms with E-state index in [1.54, 1.807) is 11.0 Å². The van der Waals surface area contributed by atoms with Crippen molar-refractivity contribution in [3.63, 3.8) is 0 Å². The molecular formula is C21H24N6. The van der Waals surface area contributed by atoms with Gasteiger partial charge in [-0.25, -0.2) is 0 Å². The molecule has 0 aliphatic carbocycles. The maximum atomic E-state index is 4.28. The van der Waals surface area contributed by atoms with Crippen LogP contribution in [0.4, 0.5) is 5.69 Å². The number of hydrogen-bond acceptors (Lipinski definition) is 4. The van der Waals surface area contributed by atoms with Crippen molar-refractivity contribution in [3.05, 3.63) is 55.1 Å². The first-order valence-corrected chi connectivity index (χ1v) is 9.06. The Hall–Kier alpha value is -3.15. The Balaban J connectivity index is 1.71. The van der Waals surface area contributed by atoms with Gasteiger partial charge in [0.15, 0.2) is 5.65 Å². The summed E-state index contributed by atoms with van der Waals surface area (Å²) in [6.45, 7) is 7.60. The second-order valence-electron chi connectivity index (χ2n) is 8.08. The number of anilines is 1. The standard InChI is InChI=1S/C21H24N6/c1-21(2,3)13-22-18-7-5-15(6-8-18)19-9-16(17-11-24-26(4)12-17)10-20-25-23-14-27(19)20/h5-12,14,22H,13H2,1-4H3. The summed E-state index contributed by atoms with van der Waals surface area (Å²) in [5.74, 6) is 0.